The van der Waals surface area contributed by atoms with E-state index in [0.29, 0.717) is 5.56 Å². The molecule has 0 unspecified atom stereocenters. The second-order valence-corrected chi connectivity index (χ2v) is 11.0. The molecule has 4 heteroatoms. The van der Waals surface area contributed by atoms with E-state index in [0.717, 1.165) is 44.4 Å². The molecule has 0 saturated carbocycles. The van der Waals surface area contributed by atoms with Crippen LogP contribution in [0.15, 0.2) is 121 Å². The molecular weight excluding hydrogens is 536 g/mol. The van der Waals surface area contributed by atoms with Crippen molar-refractivity contribution in [1.29, 1.82) is 5.26 Å². The Kier molecular flexibility index (Phi) is 9.49. The van der Waals surface area contributed by atoms with Crippen molar-refractivity contribution in [2.24, 2.45) is 0 Å². The van der Waals surface area contributed by atoms with Gasteiger partial charge in [-0.05, 0) is 88.5 Å². The summed E-state index contributed by atoms with van der Waals surface area (Å²) in [5.41, 5.74) is 10.3. The maximum Gasteiger partial charge on any atom is 0.0991 e. The Morgan fingerprint density at radius 1 is 0.568 bits per heavy atom. The van der Waals surface area contributed by atoms with Crippen LogP contribution < -0.4 is 9.80 Å². The van der Waals surface area contributed by atoms with Crippen molar-refractivity contribution in [3.8, 4) is 17.2 Å². The van der Waals surface area contributed by atoms with Gasteiger partial charge in [0.2, 0.25) is 0 Å². The first kappa shape index (κ1) is 29.8. The van der Waals surface area contributed by atoms with Gasteiger partial charge < -0.3 is 9.80 Å². The third-order valence-corrected chi connectivity index (χ3v) is 7.35. The summed E-state index contributed by atoms with van der Waals surface area (Å²) in [4.78, 5) is 9.13. The summed E-state index contributed by atoms with van der Waals surface area (Å²) in [6, 6.07) is 35.3. The van der Waals surface area contributed by atoms with Crippen LogP contribution >= 0.6 is 0 Å². The van der Waals surface area contributed by atoms with Crippen LogP contribution in [-0.4, -0.2) is 33.2 Å². The lowest BCUT2D eigenvalue weighted by Gasteiger charge is -2.11. The number of hydrogen-bond donors (Lipinski definition) is 0. The third-order valence-electron chi connectivity index (χ3n) is 7.35. The van der Waals surface area contributed by atoms with Crippen molar-refractivity contribution in [1.82, 2.24) is 4.98 Å². The van der Waals surface area contributed by atoms with Gasteiger partial charge in [0.1, 0.15) is 0 Å². The Morgan fingerprint density at radius 3 is 1.59 bits per heavy atom. The Balaban J connectivity index is 1.41. The van der Waals surface area contributed by atoms with Crippen molar-refractivity contribution in [2.45, 2.75) is 0 Å². The van der Waals surface area contributed by atoms with Crippen LogP contribution in [0.2, 0.25) is 0 Å². The molecule has 0 spiro atoms. The van der Waals surface area contributed by atoms with Crippen molar-refractivity contribution < 1.29 is 0 Å². The normalized spacial score (nSPS) is 11.7. The van der Waals surface area contributed by atoms with Gasteiger partial charge in [0.25, 0.3) is 0 Å². The topological polar surface area (TPSA) is 43.2 Å². The minimum Gasteiger partial charge on any atom is -0.378 e. The summed E-state index contributed by atoms with van der Waals surface area (Å²) >= 11 is 0. The monoisotopic (exact) mass is 572 g/mol. The summed E-state index contributed by atoms with van der Waals surface area (Å²) in [6.45, 7) is 0. The van der Waals surface area contributed by atoms with Crippen LogP contribution in [0.3, 0.4) is 0 Å². The van der Waals surface area contributed by atoms with E-state index in [1.54, 1.807) is 0 Å². The largest absolute Gasteiger partial charge is 0.378 e. The average molecular weight is 573 g/mol. The number of benzene rings is 4. The van der Waals surface area contributed by atoms with Crippen molar-refractivity contribution in [3.05, 3.63) is 149 Å². The van der Waals surface area contributed by atoms with Crippen LogP contribution in [-0.2, 0) is 0 Å². The first-order chi connectivity index (χ1) is 21.4. The molecular formula is C40H36N4. The predicted octanol–water partition coefficient (Wildman–Crippen LogP) is 9.36. The highest BCUT2D eigenvalue weighted by Crippen LogP contribution is 2.30. The molecule has 44 heavy (non-hydrogen) atoms. The fourth-order valence-electron chi connectivity index (χ4n) is 4.84. The molecule has 0 N–H and O–H groups in total. The molecule has 0 aliphatic carbocycles. The number of aromatic nitrogens is 1. The Bertz CT molecular complexity index is 1880. The van der Waals surface area contributed by atoms with Crippen LogP contribution in [0, 0.1) is 11.3 Å². The van der Waals surface area contributed by atoms with Crippen LogP contribution in [0.1, 0.15) is 27.9 Å². The minimum atomic E-state index is 0.641. The number of rotatable bonds is 9. The fraction of sp³-hybridized carbons (Fsp3) is 0.100. The summed E-state index contributed by atoms with van der Waals surface area (Å²) in [5.74, 6) is 0. The summed E-state index contributed by atoms with van der Waals surface area (Å²) in [5, 5.41) is 10.4. The lowest BCUT2D eigenvalue weighted by molar-refractivity contribution is 1.13. The van der Waals surface area contributed by atoms with Crippen LogP contribution in [0.5, 0.6) is 0 Å². The molecule has 0 aliphatic heterocycles. The molecule has 4 aromatic carbocycles. The molecule has 0 aliphatic rings. The van der Waals surface area contributed by atoms with Crippen molar-refractivity contribution in [2.75, 3.05) is 38.0 Å². The number of nitrogens with zero attached hydrogens (tertiary/aromatic N) is 4. The second kappa shape index (κ2) is 14.0. The number of fused-ring (bicyclic) bond motifs is 1. The molecule has 4 nitrogen and oxygen atoms in total. The highest BCUT2D eigenvalue weighted by Gasteiger charge is 2.08. The molecule has 0 bridgehead atoms. The summed E-state index contributed by atoms with van der Waals surface area (Å²) in [6.07, 6.45) is 16.5. The Labute approximate surface area is 260 Å². The lowest BCUT2D eigenvalue weighted by atomic mass is 9.97. The maximum atomic E-state index is 9.31. The Hall–Kier alpha value is -5.66. The Morgan fingerprint density at radius 2 is 1.07 bits per heavy atom. The van der Waals surface area contributed by atoms with E-state index in [1.165, 1.54) is 11.4 Å². The van der Waals surface area contributed by atoms with Gasteiger partial charge in [-0.25, -0.2) is 4.98 Å². The maximum absolute atomic E-state index is 9.31. The molecule has 5 aromatic rings. The second-order valence-electron chi connectivity index (χ2n) is 11.0. The number of nitriles is 1. The first-order valence-electron chi connectivity index (χ1n) is 14.6. The zero-order valence-electron chi connectivity index (χ0n) is 25.6. The van der Waals surface area contributed by atoms with Gasteiger partial charge in [0.15, 0.2) is 0 Å². The van der Waals surface area contributed by atoms with E-state index in [-0.39, 0.29) is 0 Å². The van der Waals surface area contributed by atoms with Crippen molar-refractivity contribution in [3.63, 3.8) is 0 Å². The standard InChI is InChI=1S/C40H36N4/c1-43(2)36-22-15-30(16-23-36)9-5-6-11-32-19-26-40-39(27-32)38(34-20-13-33(29-41)14-21-34)28-35(42-40)12-8-7-10-31-17-24-37(25-18-31)44(3)4/h5-28H,1-4H3. The molecule has 0 fully saturated rings. The quantitative estimate of drug-likeness (QED) is 0.165. The van der Waals surface area contributed by atoms with E-state index in [4.69, 9.17) is 4.98 Å². The number of allylic oxidation sites excluding steroid dienone is 4. The molecule has 5 rings (SSSR count). The van der Waals surface area contributed by atoms with Gasteiger partial charge in [-0.15, -0.1) is 0 Å². The van der Waals surface area contributed by atoms with Gasteiger partial charge >= 0.3 is 0 Å². The molecule has 0 amide bonds. The fourth-order valence-corrected chi connectivity index (χ4v) is 4.84. The molecule has 1 heterocycles. The van der Waals surface area contributed by atoms with E-state index in [2.05, 4.69) is 119 Å². The number of anilines is 2. The minimum absolute atomic E-state index is 0.641. The summed E-state index contributed by atoms with van der Waals surface area (Å²) in [7, 11) is 8.17. The van der Waals surface area contributed by atoms with E-state index >= 15 is 0 Å². The zero-order valence-corrected chi connectivity index (χ0v) is 25.6. The first-order valence-corrected chi connectivity index (χ1v) is 14.6. The molecule has 0 radical (unpaired) electrons. The highest BCUT2D eigenvalue weighted by atomic mass is 15.1. The average Bonchev–Trinajstić information content (AvgIpc) is 3.05. The van der Waals surface area contributed by atoms with E-state index in [1.807, 2.05) is 70.7 Å². The van der Waals surface area contributed by atoms with E-state index in [9.17, 15) is 5.26 Å². The summed E-state index contributed by atoms with van der Waals surface area (Å²) < 4.78 is 0. The van der Waals surface area contributed by atoms with Gasteiger partial charge in [0, 0.05) is 45.0 Å². The van der Waals surface area contributed by atoms with Crippen LogP contribution in [0.25, 0.3) is 46.3 Å². The lowest BCUT2D eigenvalue weighted by Crippen LogP contribution is -2.07. The molecule has 1 aromatic heterocycles. The number of pyridine rings is 1. The van der Waals surface area contributed by atoms with E-state index < -0.39 is 0 Å². The highest BCUT2D eigenvalue weighted by molar-refractivity contribution is 5.96. The molecule has 0 saturated heterocycles. The van der Waals surface area contributed by atoms with Gasteiger partial charge in [0.05, 0.1) is 22.8 Å². The van der Waals surface area contributed by atoms with Crippen molar-refractivity contribution >= 4 is 46.6 Å². The smallest absolute Gasteiger partial charge is 0.0991 e. The molecule has 0 atom stereocenters. The molecule has 216 valence electrons. The van der Waals surface area contributed by atoms with Gasteiger partial charge in [-0.1, -0.05) is 85.0 Å². The third kappa shape index (κ3) is 7.59. The zero-order chi connectivity index (χ0) is 30.9. The van der Waals surface area contributed by atoms with Crippen LogP contribution in [0.4, 0.5) is 11.4 Å². The van der Waals surface area contributed by atoms with Gasteiger partial charge in [-0.3, -0.25) is 0 Å². The number of hydrogen-bond acceptors (Lipinski definition) is 4. The SMILES string of the molecule is CN(C)c1ccc(C=CC=Cc2ccc3nc(C=CC=Cc4ccc(N(C)C)cc4)cc(-c4ccc(C#N)cc4)c3c2)cc1. The van der Waals surface area contributed by atoms with Gasteiger partial charge in [-0.2, -0.15) is 5.26 Å². The predicted molar refractivity (Wildman–Crippen MR) is 190 cm³/mol.